The van der Waals surface area contributed by atoms with Gasteiger partial charge in [0.05, 0.1) is 23.4 Å². The van der Waals surface area contributed by atoms with Crippen LogP contribution in [-0.2, 0) is 19.2 Å². The Kier molecular flexibility index (Phi) is 7.04. The Morgan fingerprint density at radius 2 is 1.46 bits per heavy atom. The van der Waals surface area contributed by atoms with Crippen LogP contribution in [0.3, 0.4) is 0 Å². The van der Waals surface area contributed by atoms with Crippen molar-refractivity contribution in [2.45, 2.75) is 49.7 Å². The number of aryl methyl sites for hydroxylation is 3. The minimum Gasteiger partial charge on any atom is -0.426 e. The molecule has 7 nitrogen and oxygen atoms in total. The first kappa shape index (κ1) is 26.1. The predicted octanol–water partition coefficient (Wildman–Crippen LogP) is 5.00. The van der Waals surface area contributed by atoms with Crippen LogP contribution < -0.4 is 14.5 Å². The molecule has 0 N–H and O–H groups in total. The molecule has 1 saturated carbocycles. The third kappa shape index (κ3) is 4.76. The molecule has 0 spiro atoms. The van der Waals surface area contributed by atoms with Crippen LogP contribution in [0.2, 0.25) is 0 Å². The number of alkyl halides is 2. The Morgan fingerprint density at radius 1 is 0.865 bits per heavy atom. The number of fused-ring (bicyclic) bond motifs is 1. The number of hydrogen-bond acceptors (Lipinski definition) is 5. The summed E-state index contributed by atoms with van der Waals surface area (Å²) < 4.78 is 5.64. The Balaban J connectivity index is 1.28. The maximum atomic E-state index is 13.2. The van der Waals surface area contributed by atoms with E-state index in [1.165, 1.54) is 4.90 Å². The summed E-state index contributed by atoms with van der Waals surface area (Å²) in [6.45, 7) is 6.00. The van der Waals surface area contributed by atoms with Crippen molar-refractivity contribution < 1.29 is 23.9 Å². The zero-order chi connectivity index (χ0) is 26.6. The number of ether oxygens (including phenoxy) is 1. The topological polar surface area (TPSA) is 84.0 Å². The number of esters is 1. The van der Waals surface area contributed by atoms with Crippen LogP contribution in [0.1, 0.15) is 36.0 Å². The van der Waals surface area contributed by atoms with Crippen molar-refractivity contribution in [3.8, 4) is 5.75 Å². The second kappa shape index (κ2) is 9.98. The number of halogens is 2. The second-order valence-corrected chi connectivity index (χ2v) is 12.6. The van der Waals surface area contributed by atoms with E-state index in [0.717, 1.165) is 16.8 Å². The van der Waals surface area contributed by atoms with Gasteiger partial charge in [0.2, 0.25) is 17.7 Å². The van der Waals surface area contributed by atoms with E-state index in [4.69, 9.17) is 4.74 Å². The largest absolute Gasteiger partial charge is 0.426 e. The van der Waals surface area contributed by atoms with Crippen molar-refractivity contribution in [2.24, 2.45) is 17.8 Å². The monoisotopic (exact) mass is 630 g/mol. The molecule has 2 aliphatic heterocycles. The standard InChI is InChI=1S/C28H28Br2N2O5/c1-14-4-6-23(15(2)8-14)31-13-17(10-25(31)33)28(36)37-18-5-7-24(16(3)9-18)32-26(34)19-11-21(29)22(30)12-20(19)27(32)35/h4-9,17,19-22H,10-13H2,1-3H3/t17-,19-,20+,21+,22-/m1/s1. The van der Waals surface area contributed by atoms with Gasteiger partial charge in [-0.15, -0.1) is 0 Å². The van der Waals surface area contributed by atoms with E-state index in [2.05, 4.69) is 31.9 Å². The first-order chi connectivity index (χ1) is 17.5. The van der Waals surface area contributed by atoms with Gasteiger partial charge in [-0.3, -0.25) is 19.2 Å². The molecule has 1 aliphatic carbocycles. The van der Waals surface area contributed by atoms with Gasteiger partial charge in [0.25, 0.3) is 0 Å². The lowest BCUT2D eigenvalue weighted by molar-refractivity contribution is -0.139. The third-order valence-electron chi connectivity index (χ3n) is 7.64. The summed E-state index contributed by atoms with van der Waals surface area (Å²) in [5, 5.41) is 0. The number of hydrogen-bond donors (Lipinski definition) is 0. The van der Waals surface area contributed by atoms with Crippen molar-refractivity contribution in [3.63, 3.8) is 0 Å². The Hall–Kier alpha value is -2.52. The Bertz CT molecular complexity index is 1280. The lowest BCUT2D eigenvalue weighted by atomic mass is 9.81. The van der Waals surface area contributed by atoms with Gasteiger partial charge in [-0.2, -0.15) is 0 Å². The highest BCUT2D eigenvalue weighted by atomic mass is 79.9. The lowest BCUT2D eigenvalue weighted by Crippen LogP contribution is -2.34. The molecule has 0 unspecified atom stereocenters. The fraction of sp³-hybridized carbons (Fsp3) is 0.429. The molecule has 0 aromatic heterocycles. The van der Waals surface area contributed by atoms with Crippen LogP contribution in [0.4, 0.5) is 11.4 Å². The lowest BCUT2D eigenvalue weighted by Gasteiger charge is -2.29. The molecule has 37 heavy (non-hydrogen) atoms. The number of amides is 3. The van der Waals surface area contributed by atoms with Gasteiger partial charge in [-0.25, -0.2) is 4.90 Å². The van der Waals surface area contributed by atoms with Gasteiger partial charge >= 0.3 is 5.97 Å². The fourth-order valence-electron chi connectivity index (χ4n) is 5.68. The fourth-order valence-corrected chi connectivity index (χ4v) is 6.92. The third-order valence-corrected chi connectivity index (χ3v) is 10.4. The van der Waals surface area contributed by atoms with Crippen molar-refractivity contribution >= 4 is 66.9 Å². The molecule has 194 valence electrons. The maximum Gasteiger partial charge on any atom is 0.316 e. The summed E-state index contributed by atoms with van der Waals surface area (Å²) in [5.41, 5.74) is 4.08. The summed E-state index contributed by atoms with van der Waals surface area (Å²) in [6, 6.07) is 10.8. The summed E-state index contributed by atoms with van der Waals surface area (Å²) in [5.74, 6) is -1.85. The average molecular weight is 632 g/mol. The molecule has 3 amide bonds. The normalized spacial score (nSPS) is 27.6. The molecular formula is C28H28Br2N2O5. The SMILES string of the molecule is Cc1ccc(N2C[C@H](C(=O)Oc3ccc(N4C(=O)[C@H]5C[C@@H](Br)[C@@H](Br)C[C@H]5C4=O)c(C)c3)CC2=O)c(C)c1. The average Bonchev–Trinajstić information content (AvgIpc) is 3.32. The highest BCUT2D eigenvalue weighted by molar-refractivity contribution is 9.12. The van der Waals surface area contributed by atoms with Crippen LogP contribution >= 0.6 is 31.9 Å². The van der Waals surface area contributed by atoms with E-state index in [9.17, 15) is 19.2 Å². The minimum atomic E-state index is -0.576. The molecule has 9 heteroatoms. The number of nitrogens with zero attached hydrogens (tertiary/aromatic N) is 2. The van der Waals surface area contributed by atoms with Gasteiger partial charge in [-0.1, -0.05) is 49.6 Å². The van der Waals surface area contributed by atoms with E-state index in [0.29, 0.717) is 29.8 Å². The second-order valence-electron chi connectivity index (χ2n) is 10.3. The van der Waals surface area contributed by atoms with E-state index in [1.54, 1.807) is 30.0 Å². The van der Waals surface area contributed by atoms with Crippen LogP contribution in [0, 0.1) is 38.5 Å². The Labute approximate surface area is 232 Å². The van der Waals surface area contributed by atoms with E-state index >= 15 is 0 Å². The molecule has 5 atom stereocenters. The van der Waals surface area contributed by atoms with Crippen LogP contribution in [0.25, 0.3) is 0 Å². The highest BCUT2D eigenvalue weighted by Crippen LogP contribution is 2.45. The van der Waals surface area contributed by atoms with Crippen LogP contribution in [0.15, 0.2) is 36.4 Å². The summed E-state index contributed by atoms with van der Waals surface area (Å²) in [6.07, 6.45) is 1.30. The number of anilines is 2. The van der Waals surface area contributed by atoms with Gasteiger partial charge in [0.15, 0.2) is 0 Å². The number of carbonyl (C=O) groups excluding carboxylic acids is 4. The first-order valence-electron chi connectivity index (χ1n) is 12.4. The van der Waals surface area contributed by atoms with Crippen molar-refractivity contribution in [3.05, 3.63) is 53.1 Å². The van der Waals surface area contributed by atoms with Gasteiger partial charge in [-0.05, 0) is 69.0 Å². The van der Waals surface area contributed by atoms with E-state index in [-0.39, 0.29) is 52.2 Å². The smallest absolute Gasteiger partial charge is 0.316 e. The van der Waals surface area contributed by atoms with Crippen LogP contribution in [0.5, 0.6) is 5.75 Å². The van der Waals surface area contributed by atoms with E-state index < -0.39 is 11.9 Å². The highest BCUT2D eigenvalue weighted by Gasteiger charge is 2.52. The first-order valence-corrected chi connectivity index (χ1v) is 14.2. The van der Waals surface area contributed by atoms with Crippen molar-refractivity contribution in [1.82, 2.24) is 0 Å². The Morgan fingerprint density at radius 3 is 2.05 bits per heavy atom. The predicted molar refractivity (Wildman–Crippen MR) is 147 cm³/mol. The zero-order valence-electron chi connectivity index (χ0n) is 20.9. The number of carbonyl (C=O) groups is 4. The van der Waals surface area contributed by atoms with Gasteiger partial charge < -0.3 is 9.64 Å². The number of benzene rings is 2. The molecule has 0 bridgehead atoms. The molecule has 2 saturated heterocycles. The van der Waals surface area contributed by atoms with E-state index in [1.807, 2.05) is 32.0 Å². The summed E-state index contributed by atoms with van der Waals surface area (Å²) in [7, 11) is 0. The van der Waals surface area contributed by atoms with Crippen molar-refractivity contribution in [2.75, 3.05) is 16.3 Å². The molecule has 3 fully saturated rings. The zero-order valence-corrected chi connectivity index (χ0v) is 24.0. The van der Waals surface area contributed by atoms with Gasteiger partial charge in [0, 0.05) is 28.3 Å². The summed E-state index contributed by atoms with van der Waals surface area (Å²) >= 11 is 7.23. The number of imide groups is 1. The summed E-state index contributed by atoms with van der Waals surface area (Å²) in [4.78, 5) is 55.2. The molecule has 0 radical (unpaired) electrons. The number of rotatable bonds is 4. The quantitative estimate of drug-likeness (QED) is 0.205. The maximum absolute atomic E-state index is 13.2. The molecule has 3 aliphatic rings. The molecule has 2 aromatic rings. The minimum absolute atomic E-state index is 0.0892. The molecule has 2 aromatic carbocycles. The van der Waals surface area contributed by atoms with Crippen molar-refractivity contribution in [1.29, 1.82) is 0 Å². The molecular weight excluding hydrogens is 604 g/mol. The molecule has 2 heterocycles. The molecule has 5 rings (SSSR count). The van der Waals surface area contributed by atoms with Gasteiger partial charge in [0.1, 0.15) is 5.75 Å². The van der Waals surface area contributed by atoms with Crippen LogP contribution in [-0.4, -0.2) is 39.9 Å².